The van der Waals surface area contributed by atoms with Crippen molar-refractivity contribution in [2.45, 2.75) is 50.6 Å². The van der Waals surface area contributed by atoms with Crippen LogP contribution in [-0.4, -0.2) is 35.8 Å². The van der Waals surface area contributed by atoms with Gasteiger partial charge in [-0.3, -0.25) is 4.68 Å². The van der Waals surface area contributed by atoms with Gasteiger partial charge in [0.1, 0.15) is 10.7 Å². The van der Waals surface area contributed by atoms with Gasteiger partial charge in [-0.25, -0.2) is 18.1 Å². The van der Waals surface area contributed by atoms with E-state index in [-0.39, 0.29) is 10.9 Å². The van der Waals surface area contributed by atoms with Crippen LogP contribution in [0.3, 0.4) is 0 Å². The topological polar surface area (TPSA) is 88.9 Å². The van der Waals surface area contributed by atoms with Crippen LogP contribution in [-0.2, 0) is 16.6 Å². The zero-order valence-corrected chi connectivity index (χ0v) is 15.0. The van der Waals surface area contributed by atoms with Crippen molar-refractivity contribution < 1.29 is 8.42 Å². The highest BCUT2D eigenvalue weighted by Crippen LogP contribution is 2.12. The molecule has 0 bridgehead atoms. The number of rotatable bonds is 10. The fraction of sp³-hybridized carbons (Fsp3) is 0.500. The molecule has 0 amide bonds. The average molecular weight is 351 g/mol. The lowest BCUT2D eigenvalue weighted by Gasteiger charge is -2.15. The fourth-order valence-corrected chi connectivity index (χ4v) is 3.62. The van der Waals surface area contributed by atoms with Crippen molar-refractivity contribution in [3.8, 4) is 0 Å². The van der Waals surface area contributed by atoms with Crippen LogP contribution in [0.25, 0.3) is 0 Å². The van der Waals surface area contributed by atoms with Crippen molar-refractivity contribution in [3.05, 3.63) is 36.8 Å². The van der Waals surface area contributed by atoms with Crippen LogP contribution in [0, 0.1) is 0 Å². The SMILES string of the molecule is CCC(CC)NS(=O)(=O)c1ccc(NCCCn2cccn2)nc1. The van der Waals surface area contributed by atoms with Crippen molar-refractivity contribution in [2.24, 2.45) is 0 Å². The van der Waals surface area contributed by atoms with Gasteiger partial charge in [0.25, 0.3) is 0 Å². The van der Waals surface area contributed by atoms with E-state index in [4.69, 9.17) is 0 Å². The molecule has 0 aliphatic rings. The number of aryl methyl sites for hydroxylation is 1. The first-order valence-electron chi connectivity index (χ1n) is 8.24. The van der Waals surface area contributed by atoms with Crippen LogP contribution >= 0.6 is 0 Å². The average Bonchev–Trinajstić information content (AvgIpc) is 3.10. The number of hydrogen-bond acceptors (Lipinski definition) is 5. The third-order valence-corrected chi connectivity index (χ3v) is 5.29. The predicted molar refractivity (Wildman–Crippen MR) is 94.3 cm³/mol. The number of nitrogens with zero attached hydrogens (tertiary/aromatic N) is 3. The molecule has 2 rings (SSSR count). The molecule has 0 saturated heterocycles. The molecule has 2 N–H and O–H groups in total. The Labute approximate surface area is 143 Å². The Kier molecular flexibility index (Phi) is 6.74. The Hall–Kier alpha value is -1.93. The lowest BCUT2D eigenvalue weighted by Crippen LogP contribution is -2.33. The fourth-order valence-electron chi connectivity index (χ4n) is 2.28. The summed E-state index contributed by atoms with van der Waals surface area (Å²) in [5, 5.41) is 7.32. The third kappa shape index (κ3) is 5.31. The molecule has 0 atom stereocenters. The number of pyridine rings is 1. The largest absolute Gasteiger partial charge is 0.370 e. The van der Waals surface area contributed by atoms with E-state index in [1.807, 2.05) is 30.8 Å². The second-order valence-corrected chi connectivity index (χ2v) is 7.28. The van der Waals surface area contributed by atoms with E-state index in [0.717, 1.165) is 32.4 Å². The summed E-state index contributed by atoms with van der Waals surface area (Å²) < 4.78 is 29.1. The molecule has 0 fully saturated rings. The number of anilines is 1. The van der Waals surface area contributed by atoms with E-state index in [9.17, 15) is 8.42 Å². The summed E-state index contributed by atoms with van der Waals surface area (Å²) in [5.41, 5.74) is 0. The highest BCUT2D eigenvalue weighted by atomic mass is 32.2. The highest BCUT2D eigenvalue weighted by Gasteiger charge is 2.18. The molecule has 0 aromatic carbocycles. The molecular formula is C16H25N5O2S. The van der Waals surface area contributed by atoms with Gasteiger partial charge < -0.3 is 5.32 Å². The molecule has 0 radical (unpaired) electrons. The Balaban J connectivity index is 1.85. The first-order chi connectivity index (χ1) is 11.5. The first-order valence-corrected chi connectivity index (χ1v) is 9.73. The second-order valence-electron chi connectivity index (χ2n) is 5.56. The summed E-state index contributed by atoms with van der Waals surface area (Å²) in [6.07, 6.45) is 7.49. The van der Waals surface area contributed by atoms with Gasteiger partial charge in [0.2, 0.25) is 10.0 Å². The molecular weight excluding hydrogens is 326 g/mol. The summed E-state index contributed by atoms with van der Waals surface area (Å²) in [6.45, 7) is 5.49. The van der Waals surface area contributed by atoms with Crippen molar-refractivity contribution in [2.75, 3.05) is 11.9 Å². The van der Waals surface area contributed by atoms with Crippen molar-refractivity contribution >= 4 is 15.8 Å². The summed E-state index contributed by atoms with van der Waals surface area (Å²) in [5.74, 6) is 0.664. The lowest BCUT2D eigenvalue weighted by molar-refractivity contribution is 0.530. The molecule has 8 heteroatoms. The van der Waals surface area contributed by atoms with Gasteiger partial charge in [-0.2, -0.15) is 5.10 Å². The third-order valence-electron chi connectivity index (χ3n) is 3.78. The molecule has 0 unspecified atom stereocenters. The summed E-state index contributed by atoms with van der Waals surface area (Å²) in [6, 6.07) is 5.11. The van der Waals surface area contributed by atoms with E-state index in [1.165, 1.54) is 6.20 Å². The minimum Gasteiger partial charge on any atom is -0.370 e. The summed E-state index contributed by atoms with van der Waals surface area (Å²) in [7, 11) is -3.51. The smallest absolute Gasteiger partial charge is 0.242 e. The van der Waals surface area contributed by atoms with Gasteiger partial charge in [0.15, 0.2) is 0 Å². The molecule has 0 spiro atoms. The van der Waals surface area contributed by atoms with E-state index in [2.05, 4.69) is 20.1 Å². The monoisotopic (exact) mass is 351 g/mol. The predicted octanol–water partition coefficient (Wildman–Crippen LogP) is 2.25. The van der Waals surface area contributed by atoms with Gasteiger partial charge in [0.05, 0.1) is 0 Å². The van der Waals surface area contributed by atoms with Crippen LogP contribution in [0.4, 0.5) is 5.82 Å². The van der Waals surface area contributed by atoms with Gasteiger partial charge >= 0.3 is 0 Å². The molecule has 2 aromatic heterocycles. The van der Waals surface area contributed by atoms with Gasteiger partial charge in [-0.1, -0.05) is 13.8 Å². The molecule has 7 nitrogen and oxygen atoms in total. The minimum atomic E-state index is -3.51. The highest BCUT2D eigenvalue weighted by molar-refractivity contribution is 7.89. The number of aromatic nitrogens is 3. The van der Waals surface area contributed by atoms with Crippen LogP contribution in [0.15, 0.2) is 41.7 Å². The van der Waals surface area contributed by atoms with Crippen molar-refractivity contribution in [1.82, 2.24) is 19.5 Å². The lowest BCUT2D eigenvalue weighted by atomic mass is 10.2. The van der Waals surface area contributed by atoms with Crippen LogP contribution < -0.4 is 10.0 Å². The zero-order chi connectivity index (χ0) is 17.4. The standard InChI is InChI=1S/C16H25N5O2S/c1-3-14(4-2)20-24(22,23)15-7-8-16(18-13-15)17-9-5-11-21-12-6-10-19-21/h6-8,10,12-14,20H,3-5,9,11H2,1-2H3,(H,17,18). The van der Waals surface area contributed by atoms with E-state index in [0.29, 0.717) is 5.82 Å². The maximum Gasteiger partial charge on any atom is 0.242 e. The summed E-state index contributed by atoms with van der Waals surface area (Å²) in [4.78, 5) is 4.38. The van der Waals surface area contributed by atoms with Crippen molar-refractivity contribution in [3.63, 3.8) is 0 Å². The number of sulfonamides is 1. The van der Waals surface area contributed by atoms with Crippen molar-refractivity contribution in [1.29, 1.82) is 0 Å². The maximum absolute atomic E-state index is 12.3. The van der Waals surface area contributed by atoms with Gasteiger partial charge in [-0.15, -0.1) is 0 Å². The van der Waals surface area contributed by atoms with Crippen LogP contribution in [0.2, 0.25) is 0 Å². The zero-order valence-electron chi connectivity index (χ0n) is 14.1. The molecule has 132 valence electrons. The Morgan fingerprint density at radius 3 is 2.62 bits per heavy atom. The van der Waals surface area contributed by atoms with E-state index in [1.54, 1.807) is 18.3 Å². The summed E-state index contributed by atoms with van der Waals surface area (Å²) >= 11 is 0. The quantitative estimate of drug-likeness (QED) is 0.641. The number of nitrogens with one attached hydrogen (secondary N) is 2. The Bertz CT molecular complexity index is 695. The minimum absolute atomic E-state index is 0.0462. The van der Waals surface area contributed by atoms with Gasteiger partial charge in [0, 0.05) is 37.7 Å². The first kappa shape index (κ1) is 18.4. The van der Waals surface area contributed by atoms with E-state index >= 15 is 0 Å². The molecule has 0 aliphatic carbocycles. The second kappa shape index (κ2) is 8.79. The molecule has 2 heterocycles. The Morgan fingerprint density at radius 1 is 1.25 bits per heavy atom. The molecule has 0 aliphatic heterocycles. The normalized spacial score (nSPS) is 11.8. The molecule has 24 heavy (non-hydrogen) atoms. The van der Waals surface area contributed by atoms with Crippen LogP contribution in [0.1, 0.15) is 33.1 Å². The van der Waals surface area contributed by atoms with Crippen LogP contribution in [0.5, 0.6) is 0 Å². The maximum atomic E-state index is 12.3. The molecule has 2 aromatic rings. The Morgan fingerprint density at radius 2 is 2.04 bits per heavy atom. The number of hydrogen-bond donors (Lipinski definition) is 2. The molecule has 0 saturated carbocycles. The van der Waals surface area contributed by atoms with E-state index < -0.39 is 10.0 Å². The van der Waals surface area contributed by atoms with Gasteiger partial charge in [-0.05, 0) is 37.5 Å².